The third kappa shape index (κ3) is 4.49. The number of imidazole rings is 1. The van der Waals surface area contributed by atoms with E-state index in [0.29, 0.717) is 0 Å². The first kappa shape index (κ1) is 17.8. The molecule has 1 aromatic carbocycles. The Hall–Kier alpha value is -1.51. The van der Waals surface area contributed by atoms with E-state index in [9.17, 15) is 4.79 Å². The van der Waals surface area contributed by atoms with Gasteiger partial charge in [0.05, 0.1) is 11.0 Å². The standard InChI is InChI=1S/C20H32N2O/c1-4-6-8-10-14-21-18-13-12-17(3)16-19(18)22(20(21)23)15-11-9-7-5-2/h12-13,16H,4-11,14-15H2,1-3H3. The second kappa shape index (κ2) is 8.95. The Labute approximate surface area is 140 Å². The van der Waals surface area contributed by atoms with Crippen LogP contribution in [0.5, 0.6) is 0 Å². The summed E-state index contributed by atoms with van der Waals surface area (Å²) >= 11 is 0. The van der Waals surface area contributed by atoms with Crippen LogP contribution in [-0.2, 0) is 13.1 Å². The van der Waals surface area contributed by atoms with Crippen LogP contribution >= 0.6 is 0 Å². The number of fused-ring (bicyclic) bond motifs is 1. The largest absolute Gasteiger partial charge is 0.329 e. The molecule has 0 fully saturated rings. The molecule has 0 aliphatic carbocycles. The molecule has 0 spiro atoms. The first-order valence-electron chi connectivity index (χ1n) is 9.38. The Morgan fingerprint density at radius 1 is 0.783 bits per heavy atom. The van der Waals surface area contributed by atoms with Crippen LogP contribution < -0.4 is 5.69 Å². The molecule has 0 bridgehead atoms. The van der Waals surface area contributed by atoms with E-state index in [-0.39, 0.29) is 5.69 Å². The first-order valence-corrected chi connectivity index (χ1v) is 9.38. The monoisotopic (exact) mass is 316 g/mol. The molecule has 0 unspecified atom stereocenters. The van der Waals surface area contributed by atoms with Crippen molar-refractivity contribution < 1.29 is 0 Å². The van der Waals surface area contributed by atoms with Gasteiger partial charge >= 0.3 is 5.69 Å². The van der Waals surface area contributed by atoms with Crippen molar-refractivity contribution in [2.75, 3.05) is 0 Å². The molecular weight excluding hydrogens is 284 g/mol. The van der Waals surface area contributed by atoms with E-state index in [2.05, 4.69) is 39.0 Å². The zero-order valence-corrected chi connectivity index (χ0v) is 15.1. The summed E-state index contributed by atoms with van der Waals surface area (Å²) in [7, 11) is 0. The third-order valence-electron chi connectivity index (χ3n) is 4.64. The van der Waals surface area contributed by atoms with E-state index >= 15 is 0 Å². The molecule has 3 nitrogen and oxygen atoms in total. The topological polar surface area (TPSA) is 26.9 Å². The van der Waals surface area contributed by atoms with Crippen molar-refractivity contribution >= 4 is 11.0 Å². The van der Waals surface area contributed by atoms with Crippen molar-refractivity contribution in [2.24, 2.45) is 0 Å². The van der Waals surface area contributed by atoms with E-state index in [1.54, 1.807) is 0 Å². The molecule has 0 atom stereocenters. The fourth-order valence-corrected chi connectivity index (χ4v) is 3.26. The number of rotatable bonds is 10. The molecule has 128 valence electrons. The Balaban J connectivity index is 2.24. The van der Waals surface area contributed by atoms with Crippen LogP contribution in [0.1, 0.15) is 70.8 Å². The molecule has 1 heterocycles. The van der Waals surface area contributed by atoms with Gasteiger partial charge in [0.25, 0.3) is 0 Å². The van der Waals surface area contributed by atoms with Crippen LogP contribution in [0, 0.1) is 6.92 Å². The molecule has 0 aliphatic heterocycles. The van der Waals surface area contributed by atoms with Crippen LogP contribution in [0.15, 0.2) is 23.0 Å². The molecule has 0 saturated heterocycles. The molecule has 2 rings (SSSR count). The number of hydrogen-bond donors (Lipinski definition) is 0. The Morgan fingerprint density at radius 3 is 1.91 bits per heavy atom. The van der Waals surface area contributed by atoms with Crippen molar-refractivity contribution in [1.29, 1.82) is 0 Å². The predicted octanol–water partition coefficient (Wildman–Crippen LogP) is 5.27. The number of aryl methyl sites for hydroxylation is 3. The Bertz CT molecular complexity index is 666. The summed E-state index contributed by atoms with van der Waals surface area (Å²) in [6.45, 7) is 8.24. The van der Waals surface area contributed by atoms with Gasteiger partial charge in [-0.3, -0.25) is 9.13 Å². The van der Waals surface area contributed by atoms with Gasteiger partial charge in [-0.1, -0.05) is 58.4 Å². The fraction of sp³-hybridized carbons (Fsp3) is 0.650. The number of hydrogen-bond acceptors (Lipinski definition) is 1. The number of aromatic nitrogens is 2. The highest BCUT2D eigenvalue weighted by atomic mass is 16.1. The smallest absolute Gasteiger partial charge is 0.292 e. The van der Waals surface area contributed by atoms with E-state index in [0.717, 1.165) is 37.0 Å². The highest BCUT2D eigenvalue weighted by Gasteiger charge is 2.12. The first-order chi connectivity index (χ1) is 11.2. The van der Waals surface area contributed by atoms with Crippen LogP contribution in [0.2, 0.25) is 0 Å². The summed E-state index contributed by atoms with van der Waals surface area (Å²) in [6, 6.07) is 6.40. The zero-order valence-electron chi connectivity index (χ0n) is 15.1. The number of unbranched alkanes of at least 4 members (excludes halogenated alkanes) is 6. The van der Waals surface area contributed by atoms with Crippen LogP contribution in [0.4, 0.5) is 0 Å². The Kier molecular flexibility index (Phi) is 6.94. The molecule has 3 heteroatoms. The summed E-state index contributed by atoms with van der Waals surface area (Å²) in [6.07, 6.45) is 9.57. The molecular formula is C20H32N2O. The van der Waals surface area contributed by atoms with E-state index in [4.69, 9.17) is 0 Å². The van der Waals surface area contributed by atoms with Crippen molar-refractivity contribution in [3.05, 3.63) is 34.2 Å². The SMILES string of the molecule is CCCCCCn1c(=O)n(CCCCCC)c2cc(C)ccc21. The van der Waals surface area contributed by atoms with E-state index in [1.807, 2.05) is 9.13 Å². The summed E-state index contributed by atoms with van der Waals surface area (Å²) in [5, 5.41) is 0. The highest BCUT2D eigenvalue weighted by molar-refractivity contribution is 5.77. The van der Waals surface area contributed by atoms with Gasteiger partial charge in [0, 0.05) is 13.1 Å². The maximum atomic E-state index is 12.9. The molecule has 1 aromatic heterocycles. The summed E-state index contributed by atoms with van der Waals surface area (Å²) in [5.74, 6) is 0. The van der Waals surface area contributed by atoms with Crippen LogP contribution in [0.3, 0.4) is 0 Å². The second-order valence-corrected chi connectivity index (χ2v) is 6.70. The number of benzene rings is 1. The maximum absolute atomic E-state index is 12.9. The van der Waals surface area contributed by atoms with Crippen molar-refractivity contribution in [3.63, 3.8) is 0 Å². The van der Waals surface area contributed by atoms with Gasteiger partial charge in [-0.15, -0.1) is 0 Å². The van der Waals surface area contributed by atoms with Crippen molar-refractivity contribution in [3.8, 4) is 0 Å². The zero-order chi connectivity index (χ0) is 16.7. The summed E-state index contributed by atoms with van der Waals surface area (Å²) in [4.78, 5) is 12.9. The lowest BCUT2D eigenvalue weighted by Gasteiger charge is -2.03. The molecule has 0 saturated carbocycles. The van der Waals surface area contributed by atoms with Crippen molar-refractivity contribution in [1.82, 2.24) is 9.13 Å². The minimum absolute atomic E-state index is 0.179. The summed E-state index contributed by atoms with van der Waals surface area (Å²) < 4.78 is 3.99. The minimum atomic E-state index is 0.179. The lowest BCUT2D eigenvalue weighted by atomic mass is 10.2. The van der Waals surface area contributed by atoms with Gasteiger partial charge in [-0.2, -0.15) is 0 Å². The summed E-state index contributed by atoms with van der Waals surface area (Å²) in [5.41, 5.74) is 3.62. The van der Waals surface area contributed by atoms with E-state index in [1.165, 1.54) is 44.1 Å². The van der Waals surface area contributed by atoms with Gasteiger partial charge in [0.1, 0.15) is 0 Å². The predicted molar refractivity (Wildman–Crippen MR) is 99.2 cm³/mol. The molecule has 0 aliphatic rings. The molecule has 0 N–H and O–H groups in total. The van der Waals surface area contributed by atoms with Crippen LogP contribution in [0.25, 0.3) is 11.0 Å². The van der Waals surface area contributed by atoms with Gasteiger partial charge in [-0.05, 0) is 37.5 Å². The average molecular weight is 316 g/mol. The average Bonchev–Trinajstić information content (AvgIpc) is 2.80. The fourth-order valence-electron chi connectivity index (χ4n) is 3.26. The maximum Gasteiger partial charge on any atom is 0.329 e. The minimum Gasteiger partial charge on any atom is -0.292 e. The Morgan fingerprint density at radius 2 is 1.35 bits per heavy atom. The molecule has 2 aromatic rings. The second-order valence-electron chi connectivity index (χ2n) is 6.70. The highest BCUT2D eigenvalue weighted by Crippen LogP contribution is 2.17. The van der Waals surface area contributed by atoms with Crippen molar-refractivity contribution in [2.45, 2.75) is 85.2 Å². The molecule has 0 amide bonds. The number of nitrogens with zero attached hydrogens (tertiary/aromatic N) is 2. The molecule has 0 radical (unpaired) electrons. The molecule has 23 heavy (non-hydrogen) atoms. The van der Waals surface area contributed by atoms with Gasteiger partial charge in [0.2, 0.25) is 0 Å². The third-order valence-corrected chi connectivity index (χ3v) is 4.64. The lowest BCUT2D eigenvalue weighted by molar-refractivity contribution is 0.542. The van der Waals surface area contributed by atoms with Gasteiger partial charge < -0.3 is 0 Å². The van der Waals surface area contributed by atoms with Crippen LogP contribution in [-0.4, -0.2) is 9.13 Å². The lowest BCUT2D eigenvalue weighted by Crippen LogP contribution is -2.24. The normalized spacial score (nSPS) is 11.4. The van der Waals surface area contributed by atoms with Gasteiger partial charge in [-0.25, -0.2) is 4.79 Å². The van der Waals surface area contributed by atoms with Gasteiger partial charge in [0.15, 0.2) is 0 Å². The quantitative estimate of drug-likeness (QED) is 0.548. The van der Waals surface area contributed by atoms with E-state index < -0.39 is 0 Å².